The van der Waals surface area contributed by atoms with Gasteiger partial charge in [-0.05, 0) is 0 Å². The van der Waals surface area contributed by atoms with E-state index < -0.39 is 10.1 Å². The van der Waals surface area contributed by atoms with Crippen molar-refractivity contribution in [1.29, 1.82) is 0 Å². The molecule has 8 heteroatoms. The van der Waals surface area contributed by atoms with Crippen molar-refractivity contribution in [3.63, 3.8) is 0 Å². The minimum Gasteiger partial charge on any atom is -1.00 e. The van der Waals surface area contributed by atoms with Gasteiger partial charge in [0.25, 0.3) is 10.1 Å². The first-order chi connectivity index (χ1) is 7.01. The molecule has 0 saturated carbocycles. The predicted molar refractivity (Wildman–Crippen MR) is 64.4 cm³/mol. The molecule has 0 unspecified atom stereocenters. The van der Waals surface area contributed by atoms with Gasteiger partial charge in [0, 0.05) is 39.3 Å². The smallest absolute Gasteiger partial charge is 1.00 e. The molecule has 0 aromatic heterocycles. The van der Waals surface area contributed by atoms with E-state index in [0.29, 0.717) is 13.1 Å². The van der Waals surface area contributed by atoms with Crippen LogP contribution in [0.2, 0.25) is 0 Å². The molecule has 0 aromatic carbocycles. The van der Waals surface area contributed by atoms with E-state index in [-0.39, 0.29) is 64.1 Å². The van der Waals surface area contributed by atoms with Gasteiger partial charge in [0.15, 0.2) is 0 Å². The summed E-state index contributed by atoms with van der Waals surface area (Å²) in [5.74, 6) is -0.201. The Morgan fingerprint density at radius 1 is 1.06 bits per heavy atom. The van der Waals surface area contributed by atoms with E-state index in [2.05, 4.69) is 4.90 Å². The zero-order valence-electron chi connectivity index (χ0n) is 11.4. The van der Waals surface area contributed by atoms with Gasteiger partial charge in [-0.15, -0.1) is 0 Å². The third kappa shape index (κ3) is 7.64. The van der Waals surface area contributed by atoms with E-state index >= 15 is 0 Å². The van der Waals surface area contributed by atoms with Gasteiger partial charge in [0.2, 0.25) is 0 Å². The van der Waals surface area contributed by atoms with Gasteiger partial charge in [-0.3, -0.25) is 14.4 Å². The second-order valence-corrected chi connectivity index (χ2v) is 5.27. The quantitative estimate of drug-likeness (QED) is 0.440. The third-order valence-electron chi connectivity index (χ3n) is 2.55. The van der Waals surface area contributed by atoms with E-state index in [1.165, 1.54) is 0 Å². The Morgan fingerprint density at radius 2 is 1.50 bits per heavy atom. The Hall–Kier alpha value is 1.36. The van der Waals surface area contributed by atoms with E-state index in [4.69, 9.17) is 9.66 Å². The molecule has 0 spiro atoms. The number of nitrogens with zero attached hydrogens (tertiary/aromatic N) is 2. The number of β-amino-alcohol motifs (C(OH)–C–C–N with tert-alkyl or cyclic N) is 1. The summed E-state index contributed by atoms with van der Waals surface area (Å²) in [6.45, 7) is 4.46. The Labute approximate surface area is 140 Å². The summed E-state index contributed by atoms with van der Waals surface area (Å²) in [6, 6.07) is 0. The van der Waals surface area contributed by atoms with Crippen molar-refractivity contribution >= 4 is 59.0 Å². The predicted octanol–water partition coefficient (Wildman–Crippen LogP) is -1.67. The molecule has 0 aliphatic carbocycles. The van der Waals surface area contributed by atoms with Crippen LogP contribution < -0.4 is 0 Å². The average Bonchev–Trinajstić information content (AvgIpc) is 2.16. The molecule has 2 N–H and O–H groups in total. The van der Waals surface area contributed by atoms with Crippen molar-refractivity contribution < 1.29 is 20.9 Å². The second kappa shape index (κ2) is 8.46. The molecule has 1 fully saturated rings. The standard InChI is InChI=1S/C8H18N2O4S.Ba.2H/c11-7-5-9-1-3-10(4-2-9)6-8-15(12,13)14;;;/h11H,1-8H2,(H,12,13,14);;;/q;+2;2*-1. The van der Waals surface area contributed by atoms with E-state index in [1.807, 2.05) is 4.90 Å². The van der Waals surface area contributed by atoms with Gasteiger partial charge < -0.3 is 7.96 Å². The van der Waals surface area contributed by atoms with Crippen molar-refractivity contribution in [3.05, 3.63) is 0 Å². The molecule has 94 valence electrons. The molecule has 1 rings (SSSR count). The fourth-order valence-corrected chi connectivity index (χ4v) is 2.11. The Bertz CT molecular complexity index is 287. The van der Waals surface area contributed by atoms with Gasteiger partial charge in [-0.2, -0.15) is 8.42 Å². The first-order valence-corrected chi connectivity index (χ1v) is 6.63. The summed E-state index contributed by atoms with van der Waals surface area (Å²) in [7, 11) is -3.84. The summed E-state index contributed by atoms with van der Waals surface area (Å²) < 4.78 is 29.6. The minimum absolute atomic E-state index is 0. The first kappa shape index (κ1) is 17.4. The Balaban J connectivity index is -0.000000750. The van der Waals surface area contributed by atoms with Gasteiger partial charge in [0.1, 0.15) is 0 Å². The fraction of sp³-hybridized carbons (Fsp3) is 1.00. The zero-order valence-corrected chi connectivity index (χ0v) is 14.6. The summed E-state index contributed by atoms with van der Waals surface area (Å²) in [4.78, 5) is 4.13. The fourth-order valence-electron chi connectivity index (χ4n) is 1.62. The molecule has 0 radical (unpaired) electrons. The van der Waals surface area contributed by atoms with Crippen LogP contribution in [-0.4, -0.2) is 128 Å². The molecule has 1 aliphatic rings. The number of hydrogen-bond acceptors (Lipinski definition) is 5. The molecule has 0 aromatic rings. The number of piperazine rings is 1. The second-order valence-electron chi connectivity index (χ2n) is 3.69. The van der Waals surface area contributed by atoms with Crippen molar-refractivity contribution in [1.82, 2.24) is 9.80 Å². The zero-order chi connectivity index (χ0) is 11.3. The number of aliphatic hydroxyl groups excluding tert-OH is 1. The van der Waals surface area contributed by atoms with Crippen molar-refractivity contribution in [2.75, 3.05) is 51.6 Å². The number of hydrogen-bond donors (Lipinski definition) is 2. The maximum absolute atomic E-state index is 10.5. The summed E-state index contributed by atoms with van der Waals surface area (Å²) in [6.07, 6.45) is 0. The van der Waals surface area contributed by atoms with E-state index in [0.717, 1.165) is 26.2 Å². The van der Waals surface area contributed by atoms with Gasteiger partial charge in [-0.25, -0.2) is 0 Å². The summed E-state index contributed by atoms with van der Waals surface area (Å²) in [5, 5.41) is 8.73. The maximum atomic E-state index is 10.5. The Morgan fingerprint density at radius 3 is 1.88 bits per heavy atom. The van der Waals surface area contributed by atoms with Crippen molar-refractivity contribution in [2.45, 2.75) is 0 Å². The normalized spacial score (nSPS) is 19.4. The van der Waals surface area contributed by atoms with Crippen molar-refractivity contribution in [2.24, 2.45) is 0 Å². The molecule has 1 saturated heterocycles. The monoisotopic (exact) mass is 378 g/mol. The van der Waals surface area contributed by atoms with Crippen LogP contribution in [0.1, 0.15) is 2.85 Å². The van der Waals surface area contributed by atoms with Crippen LogP contribution in [0.5, 0.6) is 0 Å². The number of aliphatic hydroxyl groups is 1. The van der Waals surface area contributed by atoms with Crippen LogP contribution in [0.3, 0.4) is 0 Å². The maximum Gasteiger partial charge on any atom is 2.00 e. The summed E-state index contributed by atoms with van der Waals surface area (Å²) in [5.41, 5.74) is 0. The molecule has 1 aliphatic heterocycles. The molecule has 0 amide bonds. The van der Waals surface area contributed by atoms with Crippen LogP contribution in [0.15, 0.2) is 0 Å². The topological polar surface area (TPSA) is 81.1 Å². The van der Waals surface area contributed by atoms with Crippen LogP contribution in [0.4, 0.5) is 0 Å². The van der Waals surface area contributed by atoms with Crippen molar-refractivity contribution in [3.8, 4) is 0 Å². The van der Waals surface area contributed by atoms with Crippen LogP contribution in [0.25, 0.3) is 0 Å². The van der Waals surface area contributed by atoms with Gasteiger partial charge >= 0.3 is 48.9 Å². The Kier molecular flexibility index (Phi) is 9.18. The number of rotatable bonds is 5. The SMILES string of the molecule is O=S(=O)(O)CCN1CCN(CCO)CC1.[Ba+2].[H-].[H-]. The molecule has 6 nitrogen and oxygen atoms in total. The minimum atomic E-state index is -3.84. The van der Waals surface area contributed by atoms with E-state index in [1.54, 1.807) is 0 Å². The van der Waals surface area contributed by atoms with E-state index in [9.17, 15) is 8.42 Å². The first-order valence-electron chi connectivity index (χ1n) is 5.02. The molecular formula is C8H20BaN2O4S. The largest absolute Gasteiger partial charge is 2.00 e. The van der Waals surface area contributed by atoms with Crippen LogP contribution >= 0.6 is 0 Å². The molecule has 1 heterocycles. The van der Waals surface area contributed by atoms with Gasteiger partial charge in [-0.1, -0.05) is 0 Å². The molecule has 16 heavy (non-hydrogen) atoms. The van der Waals surface area contributed by atoms with Gasteiger partial charge in [0.05, 0.1) is 12.4 Å². The summed E-state index contributed by atoms with van der Waals surface area (Å²) >= 11 is 0. The molecule has 0 bridgehead atoms. The van der Waals surface area contributed by atoms with Crippen LogP contribution in [-0.2, 0) is 10.1 Å². The molecular weight excluding hydrogens is 357 g/mol. The average molecular weight is 378 g/mol. The van der Waals surface area contributed by atoms with Crippen LogP contribution in [0, 0.1) is 0 Å². The molecule has 0 atom stereocenters. The third-order valence-corrected chi connectivity index (χ3v) is 3.25.